The van der Waals surface area contributed by atoms with Gasteiger partial charge in [-0.05, 0) is 43.1 Å². The van der Waals surface area contributed by atoms with E-state index in [-0.39, 0.29) is 5.96 Å². The molecule has 0 aliphatic heterocycles. The van der Waals surface area contributed by atoms with Crippen molar-refractivity contribution in [3.63, 3.8) is 0 Å². The van der Waals surface area contributed by atoms with E-state index in [2.05, 4.69) is 69.7 Å². The number of aromatic amines is 1. The number of nitrogens with two attached hydrogens (primary N) is 2. The lowest BCUT2D eigenvalue weighted by Gasteiger charge is -2.05. The number of unbranched alkanes of at least 4 members (excludes halogenated alkanes) is 1. The maximum Gasteiger partial charge on any atom is 0.185 e. The molecule has 0 aliphatic rings. The first kappa shape index (κ1) is 29.6. The second-order valence-electron chi connectivity index (χ2n) is 6.57. The molecule has 156 valence electrons. The average molecular weight is 388 g/mol. The Labute approximate surface area is 167 Å². The van der Waals surface area contributed by atoms with Crippen LogP contribution >= 0.6 is 11.8 Å². The first-order valence-electron chi connectivity index (χ1n) is 9.78. The first-order valence-corrected chi connectivity index (χ1v) is 11.2. The van der Waals surface area contributed by atoms with E-state index in [1.807, 2.05) is 18.0 Å². The quantitative estimate of drug-likeness (QED) is 0.345. The van der Waals surface area contributed by atoms with Crippen LogP contribution in [0.5, 0.6) is 0 Å². The highest BCUT2D eigenvalue weighted by atomic mass is 32.2. The smallest absolute Gasteiger partial charge is 0.185 e. The fraction of sp³-hybridized carbons (Fsp3) is 0.800. The summed E-state index contributed by atoms with van der Waals surface area (Å²) in [6.45, 7) is 16.1. The maximum absolute atomic E-state index is 5.06. The van der Waals surface area contributed by atoms with E-state index < -0.39 is 0 Å². The van der Waals surface area contributed by atoms with Gasteiger partial charge in [-0.25, -0.2) is 4.98 Å². The zero-order valence-corrected chi connectivity index (χ0v) is 19.3. The monoisotopic (exact) mass is 387 g/mol. The van der Waals surface area contributed by atoms with Crippen molar-refractivity contribution in [2.45, 2.75) is 74.1 Å². The van der Waals surface area contributed by atoms with E-state index in [0.29, 0.717) is 0 Å². The summed E-state index contributed by atoms with van der Waals surface area (Å²) in [5.74, 6) is 3.20. The molecule has 1 rings (SSSR count). The van der Waals surface area contributed by atoms with E-state index in [4.69, 9.17) is 11.5 Å². The third kappa shape index (κ3) is 30.7. The van der Waals surface area contributed by atoms with Gasteiger partial charge >= 0.3 is 0 Å². The predicted molar refractivity (Wildman–Crippen MR) is 122 cm³/mol. The molecule has 1 heterocycles. The zero-order chi connectivity index (χ0) is 20.8. The number of nitrogens with one attached hydrogen (secondary N) is 1. The molecule has 1 aromatic heterocycles. The predicted octanol–water partition coefficient (Wildman–Crippen LogP) is 5.09. The molecule has 0 fully saturated rings. The molecule has 0 bridgehead atoms. The van der Waals surface area contributed by atoms with Crippen LogP contribution in [0.1, 0.15) is 73.4 Å². The van der Waals surface area contributed by atoms with Gasteiger partial charge in [0.2, 0.25) is 0 Å². The molecule has 0 radical (unpaired) electrons. The van der Waals surface area contributed by atoms with Gasteiger partial charge in [0.25, 0.3) is 0 Å². The molecule has 5 N–H and O–H groups in total. The van der Waals surface area contributed by atoms with Crippen LogP contribution in [0.25, 0.3) is 0 Å². The SMILES string of the molecule is CC(C)C(C)C.CCCCN=C(N)N.CCCSC.CCc1cnc[nH]1. The second kappa shape index (κ2) is 23.8. The third-order valence-corrected chi connectivity index (χ3v) is 4.30. The van der Waals surface area contributed by atoms with Crippen molar-refractivity contribution in [1.82, 2.24) is 9.97 Å². The first-order chi connectivity index (χ1) is 12.3. The van der Waals surface area contributed by atoms with Crippen LogP contribution in [0.15, 0.2) is 17.5 Å². The summed E-state index contributed by atoms with van der Waals surface area (Å²) >= 11 is 1.90. The minimum Gasteiger partial charge on any atom is -0.370 e. The number of hydrogen-bond donors (Lipinski definition) is 3. The number of thioether (sulfide) groups is 1. The average Bonchev–Trinajstić information content (AvgIpc) is 3.11. The summed E-state index contributed by atoms with van der Waals surface area (Å²) in [7, 11) is 0. The topological polar surface area (TPSA) is 93.1 Å². The highest BCUT2D eigenvalue weighted by Crippen LogP contribution is 2.05. The molecular weight excluding hydrogens is 342 g/mol. The Morgan fingerprint density at radius 3 is 1.88 bits per heavy atom. The Hall–Kier alpha value is -1.17. The Morgan fingerprint density at radius 2 is 1.69 bits per heavy atom. The van der Waals surface area contributed by atoms with Gasteiger partial charge in [0.15, 0.2) is 5.96 Å². The molecule has 0 unspecified atom stereocenters. The Kier molecular flexibility index (Phi) is 27.1. The van der Waals surface area contributed by atoms with Crippen molar-refractivity contribution in [1.29, 1.82) is 0 Å². The molecule has 5 nitrogen and oxygen atoms in total. The maximum atomic E-state index is 5.06. The second-order valence-corrected chi connectivity index (χ2v) is 7.56. The fourth-order valence-electron chi connectivity index (χ4n) is 1.05. The van der Waals surface area contributed by atoms with Crippen LogP contribution in [-0.4, -0.2) is 34.5 Å². The molecule has 6 heteroatoms. The van der Waals surface area contributed by atoms with Gasteiger partial charge in [0.1, 0.15) is 0 Å². The van der Waals surface area contributed by atoms with Crippen molar-refractivity contribution in [2.24, 2.45) is 28.3 Å². The van der Waals surface area contributed by atoms with Crippen molar-refractivity contribution in [3.05, 3.63) is 18.2 Å². The highest BCUT2D eigenvalue weighted by molar-refractivity contribution is 7.98. The molecule has 26 heavy (non-hydrogen) atoms. The number of aryl methyl sites for hydroxylation is 1. The molecule has 0 saturated heterocycles. The highest BCUT2D eigenvalue weighted by Gasteiger charge is 1.95. The van der Waals surface area contributed by atoms with Crippen LogP contribution in [0, 0.1) is 11.8 Å². The molecule has 0 saturated carbocycles. The van der Waals surface area contributed by atoms with E-state index >= 15 is 0 Å². The number of rotatable bonds is 7. The standard InChI is InChI=1S/C6H14.C5H13N3.C5H8N2.C4H10S/c1-5(2)6(3)4;1-2-3-4-8-5(6)7;1-2-5-3-6-4-7-5;1-3-4-5-2/h5-6H,1-4H3;2-4H2,1H3,(H4,6,7,8);3-4H,2H2,1H3,(H,6,7);3-4H2,1-2H3. The number of imidazole rings is 1. The van der Waals surface area contributed by atoms with Crippen molar-refractivity contribution >= 4 is 17.7 Å². The number of aliphatic imine (C=N–C) groups is 1. The van der Waals surface area contributed by atoms with Gasteiger partial charge < -0.3 is 16.5 Å². The van der Waals surface area contributed by atoms with Crippen molar-refractivity contribution in [3.8, 4) is 0 Å². The number of nitrogens with zero attached hydrogens (tertiary/aromatic N) is 2. The lowest BCUT2D eigenvalue weighted by atomic mass is 10.0. The Morgan fingerprint density at radius 1 is 1.12 bits per heavy atom. The fourth-order valence-corrected chi connectivity index (χ4v) is 1.46. The summed E-state index contributed by atoms with van der Waals surface area (Å²) < 4.78 is 0. The van der Waals surface area contributed by atoms with Gasteiger partial charge in [-0.2, -0.15) is 11.8 Å². The van der Waals surface area contributed by atoms with E-state index in [9.17, 15) is 0 Å². The number of aromatic nitrogens is 2. The van der Waals surface area contributed by atoms with Crippen molar-refractivity contribution in [2.75, 3.05) is 18.6 Å². The van der Waals surface area contributed by atoms with E-state index in [1.54, 1.807) is 6.33 Å². The molecule has 0 aliphatic carbocycles. The van der Waals surface area contributed by atoms with Gasteiger partial charge in [0, 0.05) is 18.4 Å². The molecule has 1 aromatic rings. The lowest BCUT2D eigenvalue weighted by molar-refractivity contribution is 0.457. The molecule has 0 amide bonds. The summed E-state index contributed by atoms with van der Waals surface area (Å²) in [6, 6.07) is 0. The zero-order valence-electron chi connectivity index (χ0n) is 18.5. The number of H-pyrrole nitrogens is 1. The number of hydrogen-bond acceptors (Lipinski definition) is 3. The van der Waals surface area contributed by atoms with Crippen LogP contribution in [0.3, 0.4) is 0 Å². The van der Waals surface area contributed by atoms with Gasteiger partial charge in [-0.3, -0.25) is 4.99 Å². The summed E-state index contributed by atoms with van der Waals surface area (Å²) in [5, 5.41) is 0. The molecule has 0 atom stereocenters. The lowest BCUT2D eigenvalue weighted by Crippen LogP contribution is -2.22. The van der Waals surface area contributed by atoms with Crippen LogP contribution < -0.4 is 11.5 Å². The Bertz CT molecular complexity index is 364. The van der Waals surface area contributed by atoms with E-state index in [0.717, 1.165) is 37.6 Å². The Balaban J connectivity index is -0.000000275. The van der Waals surface area contributed by atoms with Crippen molar-refractivity contribution < 1.29 is 0 Å². The summed E-state index contributed by atoms with van der Waals surface area (Å²) in [4.78, 5) is 10.6. The third-order valence-electron chi connectivity index (χ3n) is 3.48. The molecular formula is C20H45N5S. The van der Waals surface area contributed by atoms with Crippen LogP contribution in [0.2, 0.25) is 0 Å². The largest absolute Gasteiger partial charge is 0.370 e. The molecule has 0 spiro atoms. The van der Waals surface area contributed by atoms with Crippen LogP contribution in [-0.2, 0) is 6.42 Å². The summed E-state index contributed by atoms with van der Waals surface area (Å²) in [5.41, 5.74) is 11.3. The minimum atomic E-state index is 0.193. The van der Waals surface area contributed by atoms with Gasteiger partial charge in [0.05, 0.1) is 6.33 Å². The summed E-state index contributed by atoms with van der Waals surface area (Å²) in [6.07, 6.45) is 10.2. The van der Waals surface area contributed by atoms with Crippen LogP contribution in [0.4, 0.5) is 0 Å². The number of guanidine groups is 1. The minimum absolute atomic E-state index is 0.193. The van der Waals surface area contributed by atoms with E-state index in [1.165, 1.54) is 17.9 Å². The van der Waals surface area contributed by atoms with Gasteiger partial charge in [-0.1, -0.05) is 54.9 Å². The normalized spacial score (nSPS) is 9.31. The molecule has 0 aromatic carbocycles. The van der Waals surface area contributed by atoms with Gasteiger partial charge in [-0.15, -0.1) is 0 Å².